The largest absolute Gasteiger partial charge is 0.493 e. The molecule has 148 valence electrons. The fourth-order valence-corrected chi connectivity index (χ4v) is 3.38. The molecule has 3 heterocycles. The molecule has 0 aliphatic heterocycles. The quantitative estimate of drug-likeness (QED) is 0.486. The summed E-state index contributed by atoms with van der Waals surface area (Å²) in [5.74, 6) is 0.813. The fraction of sp³-hybridized carbons (Fsp3) is 0.421. The molecule has 10 heteroatoms. The molecule has 3 aromatic rings. The van der Waals surface area contributed by atoms with Gasteiger partial charge in [0.1, 0.15) is 17.3 Å². The van der Waals surface area contributed by atoms with Gasteiger partial charge in [0.2, 0.25) is 5.88 Å². The molecule has 4 N–H and O–H groups in total. The van der Waals surface area contributed by atoms with Gasteiger partial charge in [-0.1, -0.05) is 0 Å². The lowest BCUT2D eigenvalue weighted by Gasteiger charge is -2.15. The molecule has 3 aromatic heterocycles. The summed E-state index contributed by atoms with van der Waals surface area (Å²) in [4.78, 5) is 25.6. The van der Waals surface area contributed by atoms with Crippen LogP contribution >= 0.6 is 0 Å². The van der Waals surface area contributed by atoms with Crippen LogP contribution in [0.25, 0.3) is 11.7 Å². The number of nitrogens with one attached hydrogen (secondary N) is 3. The standard InChI is InChI=1S/C19H20N8O2/c1-9(10-2-3-10)22-15-13(7-20)17(23-12-4-5-12)27-16(25-15)11(8-21-27)6-14-18(28)26-19(29)24-14/h6,8-10,12,22,28H,2-5H2,1H3,(H2,24,26,29)/b11-6-,23-17?/t9-/m1/s1. The summed E-state index contributed by atoms with van der Waals surface area (Å²) < 4.78 is 1.55. The van der Waals surface area contributed by atoms with Crippen molar-refractivity contribution >= 4 is 17.5 Å². The minimum absolute atomic E-state index is 0.197. The van der Waals surface area contributed by atoms with Gasteiger partial charge < -0.3 is 15.4 Å². The minimum atomic E-state index is -0.505. The molecule has 1 atom stereocenters. The lowest BCUT2D eigenvalue weighted by atomic mass is 10.2. The number of imidazole rings is 1. The first-order valence-electron chi connectivity index (χ1n) is 9.68. The molecule has 0 unspecified atom stereocenters. The first-order chi connectivity index (χ1) is 14.0. The Balaban J connectivity index is 1.74. The minimum Gasteiger partial charge on any atom is -0.493 e. The van der Waals surface area contributed by atoms with Crippen molar-refractivity contribution in [3.05, 3.63) is 38.6 Å². The molecule has 0 bridgehead atoms. The third-order valence-electron chi connectivity index (χ3n) is 5.34. The predicted molar refractivity (Wildman–Crippen MR) is 104 cm³/mol. The summed E-state index contributed by atoms with van der Waals surface area (Å²) >= 11 is 0. The van der Waals surface area contributed by atoms with Crippen molar-refractivity contribution < 1.29 is 5.11 Å². The van der Waals surface area contributed by atoms with Crippen LogP contribution in [0.3, 0.4) is 0 Å². The first kappa shape index (κ1) is 17.5. The van der Waals surface area contributed by atoms with Gasteiger partial charge in [0.25, 0.3) is 0 Å². The van der Waals surface area contributed by atoms with Crippen molar-refractivity contribution in [1.82, 2.24) is 24.6 Å². The summed E-state index contributed by atoms with van der Waals surface area (Å²) in [6, 6.07) is 2.64. The van der Waals surface area contributed by atoms with E-state index in [0.717, 1.165) is 12.8 Å². The van der Waals surface area contributed by atoms with E-state index in [1.807, 2.05) is 0 Å². The van der Waals surface area contributed by atoms with Gasteiger partial charge in [-0.05, 0) is 44.6 Å². The highest BCUT2D eigenvalue weighted by molar-refractivity contribution is 5.61. The van der Waals surface area contributed by atoms with Crippen molar-refractivity contribution in [1.29, 1.82) is 5.26 Å². The van der Waals surface area contributed by atoms with Crippen molar-refractivity contribution in [2.45, 2.75) is 44.7 Å². The van der Waals surface area contributed by atoms with Crippen molar-refractivity contribution in [3.63, 3.8) is 0 Å². The maximum atomic E-state index is 11.4. The second kappa shape index (κ2) is 6.48. The Hall–Kier alpha value is -3.61. The summed E-state index contributed by atoms with van der Waals surface area (Å²) in [5.41, 5.74) is 1.09. The van der Waals surface area contributed by atoms with E-state index in [2.05, 4.69) is 38.4 Å². The number of anilines is 1. The number of hydrogen-bond donors (Lipinski definition) is 4. The van der Waals surface area contributed by atoms with Crippen molar-refractivity contribution in [2.24, 2.45) is 10.9 Å². The molecule has 0 spiro atoms. The van der Waals surface area contributed by atoms with Gasteiger partial charge in [0.05, 0.1) is 12.2 Å². The molecule has 2 fully saturated rings. The highest BCUT2D eigenvalue weighted by Gasteiger charge is 2.29. The van der Waals surface area contributed by atoms with Gasteiger partial charge in [-0.15, -0.1) is 0 Å². The number of nitrogens with zero attached hydrogens (tertiary/aromatic N) is 5. The van der Waals surface area contributed by atoms with Gasteiger partial charge in [-0.3, -0.25) is 9.98 Å². The van der Waals surface area contributed by atoms with E-state index in [4.69, 9.17) is 4.99 Å². The van der Waals surface area contributed by atoms with Crippen LogP contribution in [0.2, 0.25) is 0 Å². The van der Waals surface area contributed by atoms with Gasteiger partial charge in [-0.25, -0.2) is 9.78 Å². The summed E-state index contributed by atoms with van der Waals surface area (Å²) in [6.45, 7) is 2.09. The van der Waals surface area contributed by atoms with Crippen LogP contribution < -0.4 is 21.7 Å². The molecule has 5 rings (SSSR count). The van der Waals surface area contributed by atoms with E-state index in [0.29, 0.717) is 33.7 Å². The Morgan fingerprint density at radius 3 is 2.83 bits per heavy atom. The number of nitriles is 1. The van der Waals surface area contributed by atoms with Crippen molar-refractivity contribution in [3.8, 4) is 11.9 Å². The summed E-state index contributed by atoms with van der Waals surface area (Å²) in [6.07, 6.45) is 7.49. The van der Waals surface area contributed by atoms with E-state index in [-0.39, 0.29) is 23.7 Å². The smallest absolute Gasteiger partial charge is 0.326 e. The predicted octanol–water partition coefficient (Wildman–Crippen LogP) is 0.144. The Labute approximate surface area is 164 Å². The van der Waals surface area contributed by atoms with Crippen LogP contribution in [0.1, 0.15) is 43.9 Å². The zero-order valence-electron chi connectivity index (χ0n) is 15.8. The van der Waals surface area contributed by atoms with Crippen LogP contribution in [0.15, 0.2) is 16.0 Å². The highest BCUT2D eigenvalue weighted by Crippen LogP contribution is 2.34. The third-order valence-corrected chi connectivity index (χ3v) is 5.34. The van der Waals surface area contributed by atoms with Crippen molar-refractivity contribution in [2.75, 3.05) is 5.32 Å². The average Bonchev–Trinajstić information content (AvgIpc) is 3.60. The monoisotopic (exact) mass is 392 g/mol. The van der Waals surface area contributed by atoms with E-state index in [1.54, 1.807) is 16.8 Å². The SMILES string of the molecule is C[C@@H](Nc1nc2/c(=C\c3[nH]c(=O)[nH]c3O)cnn2c(=NC2CC2)c1C#N)C1CC1. The topological polar surface area (TPSA) is 147 Å². The number of aromatic hydroxyl groups is 1. The van der Waals surface area contributed by atoms with Crippen LogP contribution in [0.5, 0.6) is 5.88 Å². The van der Waals surface area contributed by atoms with E-state index >= 15 is 0 Å². The Morgan fingerprint density at radius 2 is 2.21 bits per heavy atom. The Morgan fingerprint density at radius 1 is 1.41 bits per heavy atom. The number of aromatic amines is 2. The Kier molecular flexibility index (Phi) is 3.91. The average molecular weight is 392 g/mol. The molecule has 0 saturated heterocycles. The molecule has 2 aliphatic rings. The number of H-pyrrole nitrogens is 2. The lowest BCUT2D eigenvalue weighted by Crippen LogP contribution is -2.27. The molecular weight excluding hydrogens is 372 g/mol. The van der Waals surface area contributed by atoms with Crippen LogP contribution in [0.4, 0.5) is 5.82 Å². The molecule has 0 radical (unpaired) electrons. The number of hydrogen-bond acceptors (Lipinski definition) is 7. The summed E-state index contributed by atoms with van der Waals surface area (Å²) in [5, 5.41) is 28.0. The molecular formula is C19H20N8O2. The fourth-order valence-electron chi connectivity index (χ4n) is 3.38. The zero-order valence-corrected chi connectivity index (χ0v) is 15.8. The first-order valence-corrected chi connectivity index (χ1v) is 9.68. The highest BCUT2D eigenvalue weighted by atomic mass is 16.3. The van der Waals surface area contributed by atoms with Gasteiger partial charge in [-0.2, -0.15) is 14.9 Å². The van der Waals surface area contributed by atoms with Crippen LogP contribution in [-0.2, 0) is 0 Å². The third kappa shape index (κ3) is 3.24. The molecule has 0 amide bonds. The maximum Gasteiger partial charge on any atom is 0.326 e. The molecule has 0 aromatic carbocycles. The molecule has 10 nitrogen and oxygen atoms in total. The summed E-state index contributed by atoms with van der Waals surface area (Å²) in [7, 11) is 0. The molecule has 2 saturated carbocycles. The molecule has 29 heavy (non-hydrogen) atoms. The maximum absolute atomic E-state index is 11.4. The van der Waals surface area contributed by atoms with Crippen LogP contribution in [-0.4, -0.2) is 41.8 Å². The molecule has 2 aliphatic carbocycles. The van der Waals surface area contributed by atoms with Gasteiger partial charge in [0, 0.05) is 11.3 Å². The van der Waals surface area contributed by atoms with Gasteiger partial charge >= 0.3 is 5.69 Å². The van der Waals surface area contributed by atoms with E-state index in [9.17, 15) is 15.2 Å². The second-order valence-electron chi connectivity index (χ2n) is 7.72. The Bertz CT molecular complexity index is 1320. The second-order valence-corrected chi connectivity index (χ2v) is 7.72. The zero-order chi connectivity index (χ0) is 20.1. The van der Waals surface area contributed by atoms with E-state index < -0.39 is 5.69 Å². The number of fused-ring (bicyclic) bond motifs is 1. The van der Waals surface area contributed by atoms with Crippen LogP contribution in [0, 0.1) is 17.2 Å². The normalized spacial score (nSPS) is 18.9. The lowest BCUT2D eigenvalue weighted by molar-refractivity contribution is 0.454. The number of aromatic nitrogens is 5. The number of rotatable bonds is 5. The van der Waals surface area contributed by atoms with E-state index in [1.165, 1.54) is 12.8 Å². The van der Waals surface area contributed by atoms with Gasteiger partial charge in [0.15, 0.2) is 17.0 Å².